The molecule has 1 aromatic heterocycles. The van der Waals surface area contributed by atoms with Crippen LogP contribution in [0.15, 0.2) is 103 Å². The Morgan fingerprint density at radius 3 is 2.54 bits per heavy atom. The lowest BCUT2D eigenvalue weighted by Crippen LogP contribution is -2.53. The summed E-state index contributed by atoms with van der Waals surface area (Å²) in [7, 11) is 0. The molecule has 4 aromatic carbocycles. The number of carbonyl (C=O) groups excluding carboxylic acids is 1. The average Bonchev–Trinajstić information content (AvgIpc) is 3.68. The Morgan fingerprint density at radius 2 is 1.73 bits per heavy atom. The van der Waals surface area contributed by atoms with E-state index in [1.807, 2.05) is 54.6 Å². The molecule has 0 saturated heterocycles. The number of rotatable bonds is 9. The quantitative estimate of drug-likeness (QED) is 0.0907. The van der Waals surface area contributed by atoms with E-state index in [1.54, 1.807) is 0 Å². The number of fused-ring (bicyclic) bond motifs is 10. The van der Waals surface area contributed by atoms with Crippen molar-refractivity contribution in [2.24, 2.45) is 5.41 Å². The van der Waals surface area contributed by atoms with Crippen molar-refractivity contribution in [2.45, 2.75) is 89.1 Å². The van der Waals surface area contributed by atoms with Crippen LogP contribution in [0.4, 0.5) is 0 Å². The first kappa shape index (κ1) is 36.7. The van der Waals surface area contributed by atoms with E-state index < -0.39 is 23.2 Å². The summed E-state index contributed by atoms with van der Waals surface area (Å²) < 4.78 is 1.07. The lowest BCUT2D eigenvalue weighted by atomic mass is 9.64. The van der Waals surface area contributed by atoms with Crippen molar-refractivity contribution < 1.29 is 25.2 Å². The normalized spacial score (nSPS) is 24.6. The molecule has 3 aliphatic carbocycles. The number of allylic oxidation sites excluding steroid dienone is 2. The molecule has 2 bridgehead atoms. The average molecular weight is 718 g/mol. The summed E-state index contributed by atoms with van der Waals surface area (Å²) in [6.45, 7) is 4.99. The molecule has 8 rings (SSSR count). The van der Waals surface area contributed by atoms with Crippen molar-refractivity contribution in [3.8, 4) is 0 Å². The van der Waals surface area contributed by atoms with E-state index in [0.717, 1.165) is 50.4 Å². The maximum absolute atomic E-state index is 14.6. The van der Waals surface area contributed by atoms with Gasteiger partial charge in [-0.25, -0.2) is 0 Å². The number of hydrogen-bond acceptors (Lipinski definition) is 7. The van der Waals surface area contributed by atoms with Crippen molar-refractivity contribution in [3.63, 3.8) is 0 Å². The van der Waals surface area contributed by atoms with Gasteiger partial charge in [-0.3, -0.25) is 9.69 Å². The molecule has 6 nitrogen and oxygen atoms in total. The van der Waals surface area contributed by atoms with E-state index in [0.29, 0.717) is 55.6 Å². The first-order valence-corrected chi connectivity index (χ1v) is 19.6. The minimum Gasteiger partial charge on any atom is -0.394 e. The predicted octanol–water partition coefficient (Wildman–Crippen LogP) is 8.18. The first-order chi connectivity index (χ1) is 25.1. The van der Waals surface area contributed by atoms with Crippen LogP contribution in [0, 0.1) is 5.41 Å². The van der Waals surface area contributed by atoms with Crippen LogP contribution < -0.4 is 0 Å². The smallest absolute Gasteiger partial charge is 0.203 e. The van der Waals surface area contributed by atoms with Gasteiger partial charge in [0.25, 0.3) is 0 Å². The van der Waals surface area contributed by atoms with E-state index in [4.69, 9.17) is 0 Å². The highest BCUT2D eigenvalue weighted by Crippen LogP contribution is 2.59. The van der Waals surface area contributed by atoms with Gasteiger partial charge in [0.15, 0.2) is 0 Å². The second-order valence-corrected chi connectivity index (χ2v) is 16.7. The van der Waals surface area contributed by atoms with Crippen LogP contribution in [0.1, 0.15) is 90.2 Å². The predicted molar refractivity (Wildman–Crippen MR) is 211 cm³/mol. The number of ketones is 1. The molecule has 0 aliphatic heterocycles. The Hall–Kier alpha value is -3.69. The largest absolute Gasteiger partial charge is 0.394 e. The molecule has 4 N–H and O–H groups in total. The van der Waals surface area contributed by atoms with E-state index in [1.165, 1.54) is 16.9 Å². The fourth-order valence-corrected chi connectivity index (χ4v) is 10.0. The monoisotopic (exact) mass is 717 g/mol. The van der Waals surface area contributed by atoms with Crippen molar-refractivity contribution in [1.82, 2.24) is 4.90 Å². The van der Waals surface area contributed by atoms with Gasteiger partial charge in [0, 0.05) is 35.3 Å². The zero-order chi connectivity index (χ0) is 36.5. The van der Waals surface area contributed by atoms with Gasteiger partial charge in [-0.1, -0.05) is 91.4 Å². The molecular weight excluding hydrogens is 667 g/mol. The fourth-order valence-electron chi connectivity index (χ4n) is 9.01. The molecule has 7 heteroatoms. The van der Waals surface area contributed by atoms with Gasteiger partial charge in [0.1, 0.15) is 0 Å². The summed E-state index contributed by atoms with van der Waals surface area (Å²) in [6.07, 6.45) is 5.41. The molecule has 5 atom stereocenters. The lowest BCUT2D eigenvalue weighted by Gasteiger charge is -2.46. The number of benzene rings is 4. The minimum absolute atomic E-state index is 0.0168. The molecular formula is C45H51NO5S. The first-order valence-electron chi connectivity index (χ1n) is 18.8. The van der Waals surface area contributed by atoms with Crippen molar-refractivity contribution >= 4 is 38.0 Å². The van der Waals surface area contributed by atoms with Crippen molar-refractivity contribution in [2.75, 3.05) is 19.7 Å². The minimum atomic E-state index is -1.15. The zero-order valence-electron chi connectivity index (χ0n) is 30.3. The molecule has 1 saturated carbocycles. The fraction of sp³-hybridized carbons (Fsp3) is 0.400. The van der Waals surface area contributed by atoms with Crippen LogP contribution >= 0.6 is 11.3 Å². The molecule has 0 amide bonds. The maximum Gasteiger partial charge on any atom is 0.203 e. The number of hydrogen-bond donors (Lipinski definition) is 4. The highest BCUT2D eigenvalue weighted by Gasteiger charge is 2.57. The third-order valence-corrected chi connectivity index (χ3v) is 13.1. The van der Waals surface area contributed by atoms with Crippen LogP contribution in [0.2, 0.25) is 0 Å². The molecule has 52 heavy (non-hydrogen) atoms. The molecule has 1 fully saturated rings. The standard InChI is InChI=1S/C45H51NO5S/c1-30-9-8-21-44(2)40(20-22-45(44,51)29-46(27-36(49)28-47)26-34-13-7-12-32-10-3-5-14-37(32)34)38-19-17-31(23-35(48)18-16-30)24-39(38)43(50)42-25-33-11-4-6-15-41(33)52-42/h3-7,9-15,17,19,24-25,35-36,40,47-49,51H,8,16,18,20-23,26-29H2,1-2H3/t35-,36-,40-,44-,45+/m0/s1. The number of aliphatic hydroxyl groups is 4. The van der Waals surface area contributed by atoms with Crippen LogP contribution in [-0.2, 0) is 13.0 Å². The van der Waals surface area contributed by atoms with Crippen molar-refractivity contribution in [3.05, 3.63) is 130 Å². The zero-order valence-corrected chi connectivity index (χ0v) is 31.1. The molecule has 0 radical (unpaired) electrons. The summed E-state index contributed by atoms with van der Waals surface area (Å²) in [4.78, 5) is 17.4. The van der Waals surface area contributed by atoms with Gasteiger partial charge in [-0.15, -0.1) is 11.3 Å². The summed E-state index contributed by atoms with van der Waals surface area (Å²) in [5, 5.41) is 48.1. The van der Waals surface area contributed by atoms with Gasteiger partial charge < -0.3 is 20.4 Å². The second-order valence-electron chi connectivity index (χ2n) is 15.6. The van der Waals surface area contributed by atoms with Gasteiger partial charge in [0.05, 0.1) is 29.3 Å². The van der Waals surface area contributed by atoms with E-state index in [2.05, 4.69) is 61.2 Å². The Balaban J connectivity index is 1.30. The summed E-state index contributed by atoms with van der Waals surface area (Å²) in [5.74, 6) is -0.125. The summed E-state index contributed by atoms with van der Waals surface area (Å²) >= 11 is 1.51. The highest BCUT2D eigenvalue weighted by molar-refractivity contribution is 7.21. The SMILES string of the molecule is CC1=CCC[C@@]2(C)[C@@H](CC[C@@]2(O)CN(Cc2cccc3ccccc23)C[C@H](O)CO)c2ccc(cc2C(=O)c2cc3ccccc3s2)C[C@@H](O)CC1. The number of thiophene rings is 1. The third-order valence-electron chi connectivity index (χ3n) is 12.0. The second kappa shape index (κ2) is 15.3. The van der Waals surface area contributed by atoms with Crippen LogP contribution in [-0.4, -0.2) is 68.6 Å². The van der Waals surface area contributed by atoms with E-state index >= 15 is 0 Å². The topological polar surface area (TPSA) is 101 Å². The van der Waals surface area contributed by atoms with Gasteiger partial charge in [-0.2, -0.15) is 0 Å². The highest BCUT2D eigenvalue weighted by atomic mass is 32.1. The van der Waals surface area contributed by atoms with Crippen LogP contribution in [0.5, 0.6) is 0 Å². The van der Waals surface area contributed by atoms with E-state index in [9.17, 15) is 25.2 Å². The molecule has 3 aliphatic rings. The Kier molecular flexibility index (Phi) is 10.8. The molecule has 0 unspecified atom stereocenters. The number of carbonyl (C=O) groups is 1. The summed E-state index contributed by atoms with van der Waals surface area (Å²) in [5.41, 5.74) is 3.11. The Labute approximate surface area is 311 Å². The molecule has 1 heterocycles. The molecule has 272 valence electrons. The Bertz CT molecular complexity index is 2050. The molecule has 0 spiro atoms. The number of aliphatic hydroxyl groups excluding tert-OH is 3. The summed E-state index contributed by atoms with van der Waals surface area (Å²) in [6, 6.07) is 30.7. The van der Waals surface area contributed by atoms with Gasteiger partial charge in [0.2, 0.25) is 5.78 Å². The van der Waals surface area contributed by atoms with Crippen LogP contribution in [0.25, 0.3) is 20.9 Å². The maximum atomic E-state index is 14.6. The van der Waals surface area contributed by atoms with Crippen LogP contribution in [0.3, 0.4) is 0 Å². The van der Waals surface area contributed by atoms with Crippen molar-refractivity contribution in [1.29, 1.82) is 0 Å². The third kappa shape index (κ3) is 7.41. The number of nitrogens with zero attached hydrogens (tertiary/aromatic N) is 1. The Morgan fingerprint density at radius 1 is 0.962 bits per heavy atom. The molecule has 5 aromatic rings. The van der Waals surface area contributed by atoms with E-state index in [-0.39, 0.29) is 24.9 Å². The lowest BCUT2D eigenvalue weighted by molar-refractivity contribution is -0.0907. The van der Waals surface area contributed by atoms with Gasteiger partial charge >= 0.3 is 0 Å². The van der Waals surface area contributed by atoms with Gasteiger partial charge in [-0.05, 0) is 109 Å².